The molecule has 0 amide bonds. The molecule has 0 nitrogen and oxygen atoms in total. The molecule has 36 valence electrons. The van der Waals surface area contributed by atoms with Crippen LogP contribution in [0.1, 0.15) is 0 Å². The molecule has 0 aromatic rings. The molecule has 1 heterocycles. The Morgan fingerprint density at radius 1 is 1.80 bits per heavy atom. The van der Waals surface area contributed by atoms with Crippen LogP contribution in [0.4, 0.5) is 0 Å². The monoisotopic (exact) mass is 543 g/mol. The molecule has 0 saturated carbocycles. The number of rotatable bonds is 0. The Balaban J connectivity index is 2.20. The molecule has 1 saturated heterocycles. The molecule has 0 aliphatic carbocycles. The standard InChI is InChI=1S/ClI4/c1-4-3-5(4)2/q-1. The Morgan fingerprint density at radius 2 is 2.00 bits per heavy atom. The summed E-state index contributed by atoms with van der Waals surface area (Å²) in [4.78, 5) is 0. The molecule has 0 spiro atoms. The average Bonchev–Trinajstić information content (AvgIpc) is 1.79. The second-order valence-electron chi connectivity index (χ2n) is 0.378. The molecule has 1 aliphatic heterocycles. The predicted molar refractivity (Wildman–Crippen MR) is 47.9 cm³/mol. The Bertz CT molecular complexity index is 36.9. The number of halogens is 5. The average molecular weight is 543 g/mol. The van der Waals surface area contributed by atoms with Gasteiger partial charge in [0, 0.05) is 0 Å². The molecular weight excluding hydrogens is 543 g/mol. The molecule has 0 aromatic heterocycles. The molecule has 1 aliphatic rings. The molecule has 0 unspecified atom stereocenters. The van der Waals surface area contributed by atoms with Crippen LogP contribution in [-0.2, 0) is 0 Å². The van der Waals surface area contributed by atoms with Gasteiger partial charge < -0.3 is 0 Å². The van der Waals surface area contributed by atoms with E-state index in [9.17, 15) is 0 Å². The third-order valence-corrected chi connectivity index (χ3v) is 154. The van der Waals surface area contributed by atoms with E-state index < -0.39 is 0 Å². The zero-order chi connectivity index (χ0) is 3.86. The van der Waals surface area contributed by atoms with Gasteiger partial charge in [0.05, 0.1) is 0 Å². The van der Waals surface area contributed by atoms with Gasteiger partial charge in [-0.2, -0.15) is 0 Å². The summed E-state index contributed by atoms with van der Waals surface area (Å²) in [6, 6.07) is 0. The summed E-state index contributed by atoms with van der Waals surface area (Å²) in [5, 5.41) is 0. The SMILES string of the molecule is ClI1[I-]I1I. The van der Waals surface area contributed by atoms with Gasteiger partial charge in [-0.05, 0) is 0 Å². The van der Waals surface area contributed by atoms with Crippen molar-refractivity contribution in [1.29, 1.82) is 0 Å². The minimum absolute atomic E-state index is 0.113. The number of hydrogen-bond donors (Lipinski definition) is 0. The van der Waals surface area contributed by atoms with Crippen molar-refractivity contribution >= 4 is 46.2 Å². The van der Waals surface area contributed by atoms with Crippen LogP contribution in [-0.4, -0.2) is 0 Å². The first-order valence-corrected chi connectivity index (χ1v) is 28.6. The summed E-state index contributed by atoms with van der Waals surface area (Å²) in [7, 11) is 5.30. The fraction of sp³-hybridized carbons (Fsp3) is 0. The molecule has 0 atom stereocenters. The molecular formula is ClI4-. The Kier molecular flexibility index (Phi) is 3.38. The molecule has 0 bridgehead atoms. The van der Waals surface area contributed by atoms with E-state index in [1.165, 1.54) is 0 Å². The first kappa shape index (κ1) is 6.33. The van der Waals surface area contributed by atoms with E-state index in [1.54, 1.807) is 0 Å². The zero-order valence-corrected chi connectivity index (χ0v) is 11.3. The first-order valence-electron chi connectivity index (χ1n) is 0.714. The van der Waals surface area contributed by atoms with Crippen LogP contribution in [0.3, 0.4) is 0 Å². The van der Waals surface area contributed by atoms with Crippen molar-refractivity contribution in [2.45, 2.75) is 0 Å². The Labute approximate surface area is 57.2 Å². The Morgan fingerprint density at radius 3 is 2.00 bits per heavy atom. The van der Waals surface area contributed by atoms with E-state index in [4.69, 9.17) is 8.91 Å². The fourth-order valence-electron chi connectivity index (χ4n) is 0.0231. The van der Waals surface area contributed by atoms with Crippen molar-refractivity contribution in [2.75, 3.05) is 0 Å². The normalized spacial score (nSPS) is 36.4. The molecule has 5 heteroatoms. The van der Waals surface area contributed by atoms with Gasteiger partial charge in [-0.1, -0.05) is 0 Å². The van der Waals surface area contributed by atoms with Crippen LogP contribution in [0, 0.1) is 0 Å². The van der Waals surface area contributed by atoms with Crippen molar-refractivity contribution < 1.29 is 13.3 Å². The minimum atomic E-state index is -0.390. The van der Waals surface area contributed by atoms with Gasteiger partial charge in [-0.15, -0.1) is 0 Å². The van der Waals surface area contributed by atoms with E-state index in [0.717, 1.165) is 13.3 Å². The van der Waals surface area contributed by atoms with Crippen molar-refractivity contribution in [3.8, 4) is 0 Å². The summed E-state index contributed by atoms with van der Waals surface area (Å²) in [6.45, 7) is 0. The summed E-state index contributed by atoms with van der Waals surface area (Å²) < 4.78 is 0. The van der Waals surface area contributed by atoms with Gasteiger partial charge >= 0.3 is 59.4 Å². The van der Waals surface area contributed by atoms with E-state index in [0.29, 0.717) is 0 Å². The van der Waals surface area contributed by atoms with E-state index in [1.807, 2.05) is 0 Å². The molecule has 1 rings (SSSR count). The van der Waals surface area contributed by atoms with Gasteiger partial charge in [0.2, 0.25) is 0 Å². The van der Waals surface area contributed by atoms with Crippen molar-refractivity contribution in [2.24, 2.45) is 0 Å². The van der Waals surface area contributed by atoms with E-state index >= 15 is 0 Å². The van der Waals surface area contributed by atoms with Crippen LogP contribution in [0.15, 0.2) is 0 Å². The second kappa shape index (κ2) is 2.67. The molecule has 5 heavy (non-hydrogen) atoms. The third kappa shape index (κ3) is 2.31. The van der Waals surface area contributed by atoms with Crippen molar-refractivity contribution in [3.63, 3.8) is 0 Å². The van der Waals surface area contributed by atoms with Crippen LogP contribution >= 0.6 is 46.2 Å². The maximum absolute atomic E-state index is 5.80. The molecule has 0 N–H and O–H groups in total. The third-order valence-electron chi connectivity index (χ3n) is 0.156. The molecule has 0 radical (unpaired) electrons. The second-order valence-corrected chi connectivity index (χ2v) is 96.1. The van der Waals surface area contributed by atoms with Crippen LogP contribution in [0.25, 0.3) is 0 Å². The summed E-state index contributed by atoms with van der Waals surface area (Å²) in [5.74, 6) is 0. The van der Waals surface area contributed by atoms with Gasteiger partial charge in [0.25, 0.3) is 0 Å². The quantitative estimate of drug-likeness (QED) is 0.388. The van der Waals surface area contributed by atoms with Gasteiger partial charge in [-0.3, -0.25) is 0 Å². The van der Waals surface area contributed by atoms with E-state index in [-0.39, 0.29) is 18.6 Å². The van der Waals surface area contributed by atoms with Gasteiger partial charge in [0.15, 0.2) is 0 Å². The Hall–Kier alpha value is 3.21. The molecule has 0 aromatic carbocycles. The topological polar surface area (TPSA) is 0 Å². The zero-order valence-electron chi connectivity index (χ0n) is 1.89. The van der Waals surface area contributed by atoms with Gasteiger partial charge in [0.1, 0.15) is 0 Å². The maximum atomic E-state index is 5.80. The van der Waals surface area contributed by atoms with Crippen LogP contribution < -0.4 is 13.3 Å². The van der Waals surface area contributed by atoms with E-state index in [2.05, 4.69) is 18.6 Å². The first-order chi connectivity index (χ1) is 2.30. The summed E-state index contributed by atoms with van der Waals surface area (Å²) in [6.07, 6.45) is 0. The number of hydrogen-bond acceptors (Lipinski definition) is 0. The molecule has 1 fully saturated rings. The van der Waals surface area contributed by atoms with Crippen molar-refractivity contribution in [3.05, 3.63) is 0 Å². The fourth-order valence-corrected chi connectivity index (χ4v) is 199. The van der Waals surface area contributed by atoms with Gasteiger partial charge in [-0.25, -0.2) is 0 Å². The summed E-state index contributed by atoms with van der Waals surface area (Å²) >= 11 is 3.40. The van der Waals surface area contributed by atoms with Crippen LogP contribution in [0.5, 0.6) is 0 Å². The predicted octanol–water partition coefficient (Wildman–Crippen LogP) is 0.351. The summed E-state index contributed by atoms with van der Waals surface area (Å²) in [5.41, 5.74) is 0. The van der Waals surface area contributed by atoms with Crippen LogP contribution in [0.2, 0.25) is 0 Å². The van der Waals surface area contributed by atoms with Crippen molar-refractivity contribution in [1.82, 2.24) is 0 Å².